The second-order valence-electron chi connectivity index (χ2n) is 5.67. The topological polar surface area (TPSA) is 35.5 Å². The molecule has 1 heterocycles. The molecule has 0 radical (unpaired) electrons. The summed E-state index contributed by atoms with van der Waals surface area (Å²) in [4.78, 5) is 11.4. The molecule has 3 aliphatic rings. The summed E-state index contributed by atoms with van der Waals surface area (Å²) < 4.78 is 11.2. The highest BCUT2D eigenvalue weighted by Gasteiger charge is 2.34. The van der Waals surface area contributed by atoms with E-state index in [9.17, 15) is 4.79 Å². The number of carbonyl (C=O) groups excluding carboxylic acids is 1. The predicted octanol–water partition coefficient (Wildman–Crippen LogP) is 2.97. The molecule has 1 unspecified atom stereocenters. The highest BCUT2D eigenvalue weighted by Crippen LogP contribution is 2.35. The van der Waals surface area contributed by atoms with E-state index in [0.717, 1.165) is 24.2 Å². The molecular weight excluding hydrogens is 228 g/mol. The zero-order chi connectivity index (χ0) is 12.5. The minimum Gasteiger partial charge on any atom is -0.494 e. The summed E-state index contributed by atoms with van der Waals surface area (Å²) in [7, 11) is 0. The second-order valence-corrected chi connectivity index (χ2v) is 5.67. The van der Waals surface area contributed by atoms with Crippen molar-refractivity contribution < 1.29 is 14.3 Å². The molecule has 0 spiro atoms. The maximum absolute atomic E-state index is 11.4. The van der Waals surface area contributed by atoms with Crippen LogP contribution < -0.4 is 0 Å². The minimum atomic E-state index is -0.152. The third-order valence-electron chi connectivity index (χ3n) is 4.32. The Balaban J connectivity index is 1.66. The molecule has 18 heavy (non-hydrogen) atoms. The largest absolute Gasteiger partial charge is 0.494 e. The molecule has 3 heteroatoms. The zero-order valence-electron chi connectivity index (χ0n) is 10.9. The van der Waals surface area contributed by atoms with Gasteiger partial charge >= 0.3 is 5.97 Å². The van der Waals surface area contributed by atoms with Crippen LogP contribution in [-0.2, 0) is 14.3 Å². The fourth-order valence-corrected chi connectivity index (χ4v) is 3.12. The molecule has 3 atom stereocenters. The van der Waals surface area contributed by atoms with Crippen LogP contribution >= 0.6 is 0 Å². The van der Waals surface area contributed by atoms with Crippen LogP contribution in [-0.4, -0.2) is 18.7 Å². The number of hydrogen-bond acceptors (Lipinski definition) is 3. The summed E-state index contributed by atoms with van der Waals surface area (Å²) >= 11 is 0. The van der Waals surface area contributed by atoms with E-state index >= 15 is 0 Å². The summed E-state index contributed by atoms with van der Waals surface area (Å²) in [5.74, 6) is 1.74. The fraction of sp³-hybridized carbons (Fsp3) is 0.667. The Morgan fingerprint density at radius 1 is 1.28 bits per heavy atom. The maximum Gasteiger partial charge on any atom is 0.334 e. The first-order valence-corrected chi connectivity index (χ1v) is 6.98. The Kier molecular flexibility index (Phi) is 3.14. The molecule has 98 valence electrons. The van der Waals surface area contributed by atoms with Gasteiger partial charge in [0.1, 0.15) is 6.10 Å². The van der Waals surface area contributed by atoms with Crippen molar-refractivity contribution in [3.05, 3.63) is 23.5 Å². The normalized spacial score (nSPS) is 35.4. The highest BCUT2D eigenvalue weighted by atomic mass is 16.5. The second kappa shape index (κ2) is 4.79. The van der Waals surface area contributed by atoms with Gasteiger partial charge in [-0.25, -0.2) is 4.79 Å². The standard InChI is InChI=1S/C15H20O3/c1-10-4-2-3-5-14(10)18-12-6-7-13-11(8-12)9-17-15(13)16/h6-7,10-11,14H,2-5,8-9H2,1H3/t10-,11?,14-/m0/s1. The SMILES string of the molecule is C[C@H]1CCCC[C@@H]1OC1=CC=C2C(=O)OCC2C1. The molecule has 1 aliphatic heterocycles. The van der Waals surface area contributed by atoms with E-state index in [2.05, 4.69) is 6.92 Å². The number of esters is 1. The summed E-state index contributed by atoms with van der Waals surface area (Å²) in [5.41, 5.74) is 0.819. The van der Waals surface area contributed by atoms with Crippen molar-refractivity contribution in [2.24, 2.45) is 11.8 Å². The number of allylic oxidation sites excluding steroid dienone is 3. The first-order valence-electron chi connectivity index (χ1n) is 6.98. The maximum atomic E-state index is 11.4. The summed E-state index contributed by atoms with van der Waals surface area (Å²) in [6, 6.07) is 0. The number of rotatable bonds is 2. The van der Waals surface area contributed by atoms with Crippen molar-refractivity contribution in [1.29, 1.82) is 0 Å². The molecule has 0 aromatic rings. The molecule has 0 amide bonds. The molecule has 3 rings (SSSR count). The predicted molar refractivity (Wildman–Crippen MR) is 67.7 cm³/mol. The van der Waals surface area contributed by atoms with Gasteiger partial charge in [0.05, 0.1) is 12.4 Å². The molecule has 0 aromatic heterocycles. The Hall–Kier alpha value is -1.25. The lowest BCUT2D eigenvalue weighted by Crippen LogP contribution is -2.26. The number of cyclic esters (lactones) is 1. The van der Waals surface area contributed by atoms with E-state index in [1.54, 1.807) is 0 Å². The van der Waals surface area contributed by atoms with Crippen LogP contribution in [0.2, 0.25) is 0 Å². The molecule has 0 bridgehead atoms. The first kappa shape index (κ1) is 11.8. The number of carbonyl (C=O) groups is 1. The number of fused-ring (bicyclic) bond motifs is 1. The summed E-state index contributed by atoms with van der Waals surface area (Å²) in [6.45, 7) is 2.79. The van der Waals surface area contributed by atoms with Gasteiger partial charge in [0.15, 0.2) is 0 Å². The van der Waals surface area contributed by atoms with E-state index < -0.39 is 0 Å². The van der Waals surface area contributed by atoms with Crippen LogP contribution in [0.15, 0.2) is 23.5 Å². The van der Waals surface area contributed by atoms with E-state index in [4.69, 9.17) is 9.47 Å². The monoisotopic (exact) mass is 248 g/mol. The number of hydrogen-bond donors (Lipinski definition) is 0. The summed E-state index contributed by atoms with van der Waals surface area (Å²) in [5, 5.41) is 0. The van der Waals surface area contributed by atoms with Crippen LogP contribution in [0.3, 0.4) is 0 Å². The van der Waals surface area contributed by atoms with Gasteiger partial charge in [-0.05, 0) is 37.3 Å². The van der Waals surface area contributed by atoms with Crippen molar-refractivity contribution in [2.45, 2.75) is 45.1 Å². The molecule has 0 aromatic carbocycles. The lowest BCUT2D eigenvalue weighted by atomic mass is 9.87. The van der Waals surface area contributed by atoms with Crippen LogP contribution in [0, 0.1) is 11.8 Å². The van der Waals surface area contributed by atoms with Gasteiger partial charge in [0, 0.05) is 17.9 Å². The Morgan fingerprint density at radius 2 is 2.11 bits per heavy atom. The van der Waals surface area contributed by atoms with Gasteiger partial charge in [0.25, 0.3) is 0 Å². The molecule has 2 aliphatic carbocycles. The van der Waals surface area contributed by atoms with Crippen LogP contribution in [0.4, 0.5) is 0 Å². The smallest absolute Gasteiger partial charge is 0.334 e. The van der Waals surface area contributed by atoms with Crippen molar-refractivity contribution in [3.8, 4) is 0 Å². The first-order chi connectivity index (χ1) is 8.74. The van der Waals surface area contributed by atoms with Gasteiger partial charge in [0.2, 0.25) is 0 Å². The van der Waals surface area contributed by atoms with Gasteiger partial charge < -0.3 is 9.47 Å². The molecule has 1 saturated heterocycles. The quantitative estimate of drug-likeness (QED) is 0.705. The molecule has 0 N–H and O–H groups in total. The Morgan fingerprint density at radius 3 is 2.94 bits per heavy atom. The van der Waals surface area contributed by atoms with Gasteiger partial charge in [-0.15, -0.1) is 0 Å². The average molecular weight is 248 g/mol. The third kappa shape index (κ3) is 2.18. The molecule has 2 fully saturated rings. The van der Waals surface area contributed by atoms with Gasteiger partial charge in [-0.1, -0.05) is 13.3 Å². The van der Waals surface area contributed by atoms with Crippen LogP contribution in [0.1, 0.15) is 39.0 Å². The van der Waals surface area contributed by atoms with E-state index in [1.807, 2.05) is 12.2 Å². The summed E-state index contributed by atoms with van der Waals surface area (Å²) in [6.07, 6.45) is 10.0. The van der Waals surface area contributed by atoms with E-state index in [-0.39, 0.29) is 11.9 Å². The zero-order valence-corrected chi connectivity index (χ0v) is 10.9. The van der Waals surface area contributed by atoms with Crippen LogP contribution in [0.5, 0.6) is 0 Å². The average Bonchev–Trinajstić information content (AvgIpc) is 2.74. The Labute approximate surface area is 108 Å². The minimum absolute atomic E-state index is 0.152. The van der Waals surface area contributed by atoms with Gasteiger partial charge in [-0.2, -0.15) is 0 Å². The lowest BCUT2D eigenvalue weighted by Gasteiger charge is -2.31. The molecule has 1 saturated carbocycles. The molecule has 3 nitrogen and oxygen atoms in total. The van der Waals surface area contributed by atoms with Crippen molar-refractivity contribution in [3.63, 3.8) is 0 Å². The van der Waals surface area contributed by atoms with E-state index in [1.165, 1.54) is 19.3 Å². The van der Waals surface area contributed by atoms with Crippen LogP contribution in [0.25, 0.3) is 0 Å². The highest BCUT2D eigenvalue weighted by molar-refractivity contribution is 5.91. The molecular formula is C15H20O3. The van der Waals surface area contributed by atoms with Gasteiger partial charge in [-0.3, -0.25) is 0 Å². The lowest BCUT2D eigenvalue weighted by molar-refractivity contribution is -0.135. The third-order valence-corrected chi connectivity index (χ3v) is 4.32. The Bertz CT molecular complexity index is 408. The fourth-order valence-electron chi connectivity index (χ4n) is 3.12. The van der Waals surface area contributed by atoms with Crippen molar-refractivity contribution in [1.82, 2.24) is 0 Å². The number of ether oxygens (including phenoxy) is 2. The van der Waals surface area contributed by atoms with E-state index in [0.29, 0.717) is 18.6 Å². The van der Waals surface area contributed by atoms with Crippen molar-refractivity contribution in [2.75, 3.05) is 6.61 Å². The van der Waals surface area contributed by atoms with Crippen molar-refractivity contribution >= 4 is 5.97 Å².